The SMILES string of the molecule is COc1ccc(OCC(=O)OCC(=O)Nc2ccc(OC)c(S(=O)(=O)N3CCOCC3)c2)cc1. The van der Waals surface area contributed by atoms with Crippen molar-refractivity contribution in [1.29, 1.82) is 0 Å². The summed E-state index contributed by atoms with van der Waals surface area (Å²) in [5.74, 6) is -0.152. The summed E-state index contributed by atoms with van der Waals surface area (Å²) in [6.45, 7) is 0.0801. The third kappa shape index (κ3) is 6.59. The van der Waals surface area contributed by atoms with Gasteiger partial charge >= 0.3 is 5.97 Å². The van der Waals surface area contributed by atoms with E-state index in [0.717, 1.165) is 0 Å². The number of ether oxygens (including phenoxy) is 5. The van der Waals surface area contributed by atoms with E-state index < -0.39 is 28.5 Å². The molecule has 3 rings (SSSR count). The second-order valence-corrected chi connectivity index (χ2v) is 8.96. The predicted molar refractivity (Wildman–Crippen MR) is 121 cm³/mol. The van der Waals surface area contributed by atoms with Gasteiger partial charge in [0.05, 0.1) is 27.4 Å². The third-order valence-electron chi connectivity index (χ3n) is 4.82. The molecule has 184 valence electrons. The normalized spacial score (nSPS) is 14.2. The molecule has 0 aromatic heterocycles. The standard InChI is InChI=1S/C22H26N2O9S/c1-29-17-4-6-18(7-5-17)32-15-22(26)33-14-21(25)23-16-3-8-19(30-2)20(13-16)34(27,28)24-9-11-31-12-10-24/h3-8,13H,9-12,14-15H2,1-2H3,(H,23,25). The van der Waals surface area contributed by atoms with Gasteiger partial charge in [0.1, 0.15) is 22.1 Å². The lowest BCUT2D eigenvalue weighted by Crippen LogP contribution is -2.40. The Kier molecular flexibility index (Phi) is 8.68. The van der Waals surface area contributed by atoms with Crippen molar-refractivity contribution < 1.29 is 41.7 Å². The molecule has 0 bridgehead atoms. The van der Waals surface area contributed by atoms with Gasteiger partial charge in [-0.25, -0.2) is 13.2 Å². The number of rotatable bonds is 10. The first-order valence-corrected chi connectivity index (χ1v) is 11.8. The summed E-state index contributed by atoms with van der Waals surface area (Å²) < 4.78 is 53.0. The molecule has 0 aliphatic carbocycles. The molecule has 11 nitrogen and oxygen atoms in total. The van der Waals surface area contributed by atoms with E-state index in [-0.39, 0.29) is 36.0 Å². The number of carbonyl (C=O) groups excluding carboxylic acids is 2. The van der Waals surface area contributed by atoms with Crippen LogP contribution in [0.2, 0.25) is 0 Å². The van der Waals surface area contributed by atoms with E-state index in [1.165, 1.54) is 36.7 Å². The zero-order valence-corrected chi connectivity index (χ0v) is 19.6. The second-order valence-electron chi connectivity index (χ2n) is 7.06. The van der Waals surface area contributed by atoms with Gasteiger partial charge in [-0.3, -0.25) is 4.79 Å². The molecular weight excluding hydrogens is 468 g/mol. The summed E-state index contributed by atoms with van der Waals surface area (Å²) in [4.78, 5) is 24.0. The van der Waals surface area contributed by atoms with Crippen molar-refractivity contribution in [3.05, 3.63) is 42.5 Å². The van der Waals surface area contributed by atoms with Crippen LogP contribution in [0.5, 0.6) is 17.2 Å². The maximum Gasteiger partial charge on any atom is 0.344 e. The number of hydrogen-bond acceptors (Lipinski definition) is 9. The van der Waals surface area contributed by atoms with Crippen LogP contribution in [0.1, 0.15) is 0 Å². The fourth-order valence-corrected chi connectivity index (χ4v) is 4.67. The number of nitrogens with zero attached hydrogens (tertiary/aromatic N) is 1. The fraction of sp³-hybridized carbons (Fsp3) is 0.364. The topological polar surface area (TPSA) is 130 Å². The van der Waals surface area contributed by atoms with Crippen LogP contribution in [0.4, 0.5) is 5.69 Å². The highest BCUT2D eigenvalue weighted by Gasteiger charge is 2.29. The smallest absolute Gasteiger partial charge is 0.344 e. The van der Waals surface area contributed by atoms with Crippen LogP contribution in [0, 0.1) is 0 Å². The number of hydrogen-bond donors (Lipinski definition) is 1. The minimum Gasteiger partial charge on any atom is -0.497 e. The number of nitrogens with one attached hydrogen (secondary N) is 1. The molecule has 1 amide bonds. The molecule has 1 aliphatic rings. The molecular formula is C22H26N2O9S. The molecule has 0 spiro atoms. The zero-order chi connectivity index (χ0) is 24.6. The molecule has 0 saturated carbocycles. The molecule has 12 heteroatoms. The van der Waals surface area contributed by atoms with Crippen LogP contribution in [0.25, 0.3) is 0 Å². The molecule has 1 N–H and O–H groups in total. The number of benzene rings is 2. The van der Waals surface area contributed by atoms with Gasteiger partial charge in [-0.2, -0.15) is 4.31 Å². The molecule has 1 aliphatic heterocycles. The van der Waals surface area contributed by atoms with Gasteiger partial charge in [-0.1, -0.05) is 0 Å². The number of morpholine rings is 1. The highest BCUT2D eigenvalue weighted by Crippen LogP contribution is 2.30. The van der Waals surface area contributed by atoms with Crippen LogP contribution in [0.15, 0.2) is 47.4 Å². The minimum atomic E-state index is -3.86. The van der Waals surface area contributed by atoms with E-state index in [4.69, 9.17) is 23.7 Å². The lowest BCUT2D eigenvalue weighted by Gasteiger charge is -2.26. The number of sulfonamides is 1. The summed E-state index contributed by atoms with van der Waals surface area (Å²) >= 11 is 0. The number of carbonyl (C=O) groups is 2. The highest BCUT2D eigenvalue weighted by molar-refractivity contribution is 7.89. The second kappa shape index (κ2) is 11.7. The number of methoxy groups -OCH3 is 2. The lowest BCUT2D eigenvalue weighted by atomic mass is 10.3. The van der Waals surface area contributed by atoms with E-state index in [1.807, 2.05) is 0 Å². The molecule has 34 heavy (non-hydrogen) atoms. The van der Waals surface area contributed by atoms with Gasteiger partial charge < -0.3 is 29.0 Å². The number of anilines is 1. The van der Waals surface area contributed by atoms with Crippen molar-refractivity contribution >= 4 is 27.6 Å². The summed E-state index contributed by atoms with van der Waals surface area (Å²) in [6.07, 6.45) is 0. The van der Waals surface area contributed by atoms with Crippen molar-refractivity contribution in [2.75, 3.05) is 59.1 Å². The monoisotopic (exact) mass is 494 g/mol. The van der Waals surface area contributed by atoms with Crippen LogP contribution < -0.4 is 19.5 Å². The van der Waals surface area contributed by atoms with Crippen molar-refractivity contribution in [3.8, 4) is 17.2 Å². The predicted octanol–water partition coefficient (Wildman–Crippen LogP) is 1.29. The van der Waals surface area contributed by atoms with Gasteiger partial charge in [-0.05, 0) is 42.5 Å². The van der Waals surface area contributed by atoms with E-state index in [9.17, 15) is 18.0 Å². The molecule has 0 radical (unpaired) electrons. The van der Waals surface area contributed by atoms with Crippen LogP contribution in [-0.4, -0.2) is 78.3 Å². The molecule has 2 aromatic carbocycles. The number of amides is 1. The first-order chi connectivity index (χ1) is 16.3. The van der Waals surface area contributed by atoms with E-state index in [1.54, 1.807) is 24.3 Å². The Balaban J connectivity index is 1.55. The van der Waals surface area contributed by atoms with Crippen LogP contribution in [0.3, 0.4) is 0 Å². The molecule has 1 heterocycles. The Labute approximate surface area is 197 Å². The highest BCUT2D eigenvalue weighted by atomic mass is 32.2. The lowest BCUT2D eigenvalue weighted by molar-refractivity contribution is -0.149. The van der Waals surface area contributed by atoms with Crippen LogP contribution in [-0.2, 0) is 29.1 Å². The Bertz CT molecular complexity index is 1100. The molecule has 0 atom stereocenters. The molecule has 2 aromatic rings. The summed E-state index contributed by atoms with van der Waals surface area (Å²) in [6, 6.07) is 10.8. The quantitative estimate of drug-likeness (QED) is 0.486. The average Bonchev–Trinajstić information content (AvgIpc) is 2.87. The summed E-state index contributed by atoms with van der Waals surface area (Å²) in [5.41, 5.74) is 0.211. The Morgan fingerprint density at radius 2 is 1.65 bits per heavy atom. The molecule has 0 unspecified atom stereocenters. The summed E-state index contributed by atoms with van der Waals surface area (Å²) in [5, 5.41) is 2.52. The van der Waals surface area contributed by atoms with Gasteiger partial charge in [0.15, 0.2) is 13.2 Å². The van der Waals surface area contributed by atoms with Gasteiger partial charge in [0, 0.05) is 18.8 Å². The first kappa shape index (κ1) is 25.3. The first-order valence-electron chi connectivity index (χ1n) is 10.3. The zero-order valence-electron chi connectivity index (χ0n) is 18.8. The van der Waals surface area contributed by atoms with Gasteiger partial charge in [-0.15, -0.1) is 0 Å². The Morgan fingerprint density at radius 1 is 0.971 bits per heavy atom. The van der Waals surface area contributed by atoms with Crippen molar-refractivity contribution in [3.63, 3.8) is 0 Å². The molecule has 1 saturated heterocycles. The van der Waals surface area contributed by atoms with Crippen molar-refractivity contribution in [2.24, 2.45) is 0 Å². The van der Waals surface area contributed by atoms with Crippen molar-refractivity contribution in [1.82, 2.24) is 4.31 Å². The maximum atomic E-state index is 13.0. The minimum absolute atomic E-state index is 0.0837. The number of esters is 1. The van der Waals surface area contributed by atoms with Crippen molar-refractivity contribution in [2.45, 2.75) is 4.90 Å². The average molecular weight is 495 g/mol. The third-order valence-corrected chi connectivity index (χ3v) is 6.74. The largest absolute Gasteiger partial charge is 0.497 e. The Morgan fingerprint density at radius 3 is 2.29 bits per heavy atom. The maximum absolute atomic E-state index is 13.0. The fourth-order valence-electron chi connectivity index (χ4n) is 3.08. The Hall–Kier alpha value is -3.35. The van der Waals surface area contributed by atoms with E-state index in [0.29, 0.717) is 24.7 Å². The van der Waals surface area contributed by atoms with Gasteiger partial charge in [0.25, 0.3) is 5.91 Å². The van der Waals surface area contributed by atoms with Crippen LogP contribution >= 0.6 is 0 Å². The van der Waals surface area contributed by atoms with E-state index in [2.05, 4.69) is 5.32 Å². The van der Waals surface area contributed by atoms with E-state index >= 15 is 0 Å². The molecule has 1 fully saturated rings. The van der Waals surface area contributed by atoms with Gasteiger partial charge in [0.2, 0.25) is 10.0 Å². The summed E-state index contributed by atoms with van der Waals surface area (Å²) in [7, 11) is -0.963.